The Morgan fingerprint density at radius 1 is 1.36 bits per heavy atom. The molecule has 0 bridgehead atoms. The maximum Gasteiger partial charge on any atom is 0.277 e. The average molecular weight is 467 g/mol. The summed E-state index contributed by atoms with van der Waals surface area (Å²) >= 11 is 6.92. The lowest BCUT2D eigenvalue weighted by atomic mass is 10.2. The van der Waals surface area contributed by atoms with Crippen molar-refractivity contribution in [3.63, 3.8) is 0 Å². The van der Waals surface area contributed by atoms with Crippen LogP contribution in [0.5, 0.6) is 5.75 Å². The number of nitrogens with one attached hydrogen (secondary N) is 1. The highest BCUT2D eigenvalue weighted by Gasteiger charge is 2.13. The highest BCUT2D eigenvalue weighted by molar-refractivity contribution is 9.11. The first-order chi connectivity index (χ1) is 12.0. The Morgan fingerprint density at radius 3 is 2.96 bits per heavy atom. The number of hydrogen-bond acceptors (Lipinski definition) is 5. The van der Waals surface area contributed by atoms with Gasteiger partial charge in [-0.05, 0) is 47.1 Å². The fraction of sp³-hybridized carbons (Fsp3) is 0.118. The fourth-order valence-corrected chi connectivity index (χ4v) is 3.53. The van der Waals surface area contributed by atoms with Crippen molar-refractivity contribution >= 4 is 54.9 Å². The van der Waals surface area contributed by atoms with E-state index in [-0.39, 0.29) is 6.61 Å². The van der Waals surface area contributed by atoms with Gasteiger partial charge in [-0.3, -0.25) is 9.78 Å². The quantitative estimate of drug-likeness (QED) is 0.451. The van der Waals surface area contributed by atoms with Crippen molar-refractivity contribution in [2.45, 2.75) is 6.92 Å². The molecule has 3 aromatic rings. The molecule has 0 radical (unpaired) electrons. The van der Waals surface area contributed by atoms with Gasteiger partial charge in [-0.1, -0.05) is 22.0 Å². The van der Waals surface area contributed by atoms with Gasteiger partial charge < -0.3 is 9.15 Å². The lowest BCUT2D eigenvalue weighted by Gasteiger charge is -2.11. The van der Waals surface area contributed by atoms with Crippen molar-refractivity contribution in [2.75, 3.05) is 6.61 Å². The first-order valence-electron chi connectivity index (χ1n) is 7.28. The molecule has 0 spiro atoms. The van der Waals surface area contributed by atoms with Crippen LogP contribution in [0.25, 0.3) is 10.9 Å². The third-order valence-electron chi connectivity index (χ3n) is 3.24. The summed E-state index contributed by atoms with van der Waals surface area (Å²) in [4.78, 5) is 16.2. The van der Waals surface area contributed by atoms with E-state index in [0.29, 0.717) is 21.5 Å². The Balaban J connectivity index is 1.66. The number of halogens is 2. The molecule has 0 fully saturated rings. The van der Waals surface area contributed by atoms with Crippen molar-refractivity contribution < 1.29 is 13.9 Å². The maximum atomic E-state index is 11.9. The number of carbonyl (C=O) groups excluding carboxylic acids is 1. The Bertz CT molecular complexity index is 953. The first-order valence-corrected chi connectivity index (χ1v) is 8.87. The Hall–Kier alpha value is -2.19. The Labute approximate surface area is 160 Å². The van der Waals surface area contributed by atoms with Crippen LogP contribution in [0.2, 0.25) is 0 Å². The third kappa shape index (κ3) is 4.26. The van der Waals surface area contributed by atoms with E-state index in [1.165, 1.54) is 6.21 Å². The molecular formula is C17H13Br2N3O3. The smallest absolute Gasteiger partial charge is 0.277 e. The zero-order valence-electron chi connectivity index (χ0n) is 13.1. The molecule has 0 aliphatic heterocycles. The summed E-state index contributed by atoms with van der Waals surface area (Å²) < 4.78 is 12.5. The summed E-state index contributed by atoms with van der Waals surface area (Å²) in [6.07, 6.45) is 3.10. The normalized spacial score (nSPS) is 11.2. The van der Waals surface area contributed by atoms with Crippen molar-refractivity contribution in [3.8, 4) is 5.75 Å². The highest BCUT2D eigenvalue weighted by Crippen LogP contribution is 2.37. The monoisotopic (exact) mass is 465 g/mol. The number of pyridine rings is 1. The number of hydrogen-bond donors (Lipinski definition) is 1. The van der Waals surface area contributed by atoms with Crippen molar-refractivity contribution in [3.05, 3.63) is 57.0 Å². The molecule has 1 N–H and O–H groups in total. The molecule has 0 aliphatic carbocycles. The minimum Gasteiger partial charge on any atom is -0.480 e. The molecule has 6 nitrogen and oxygen atoms in total. The predicted molar refractivity (Wildman–Crippen MR) is 102 cm³/mol. The predicted octanol–water partition coefficient (Wildman–Crippen LogP) is 4.19. The van der Waals surface area contributed by atoms with Gasteiger partial charge >= 0.3 is 0 Å². The Kier molecular flexibility index (Phi) is 5.50. The van der Waals surface area contributed by atoms with Gasteiger partial charge in [0.15, 0.2) is 12.4 Å². The molecule has 0 atom stereocenters. The van der Waals surface area contributed by atoms with Crippen LogP contribution in [0.15, 0.2) is 55.0 Å². The number of amides is 1. The Morgan fingerprint density at radius 2 is 2.20 bits per heavy atom. The number of benzene rings is 1. The zero-order valence-corrected chi connectivity index (χ0v) is 16.3. The molecule has 25 heavy (non-hydrogen) atoms. The molecular weight excluding hydrogens is 454 g/mol. The minimum atomic E-state index is -0.390. The molecule has 0 saturated carbocycles. The summed E-state index contributed by atoms with van der Waals surface area (Å²) in [5, 5.41) is 4.73. The molecule has 1 aromatic carbocycles. The average Bonchev–Trinajstić information content (AvgIpc) is 3.00. The van der Waals surface area contributed by atoms with Gasteiger partial charge in [-0.25, -0.2) is 5.43 Å². The van der Waals surface area contributed by atoms with Crippen LogP contribution in [-0.2, 0) is 4.79 Å². The molecule has 0 aliphatic rings. The largest absolute Gasteiger partial charge is 0.480 e. The van der Waals surface area contributed by atoms with Gasteiger partial charge in [0, 0.05) is 16.1 Å². The highest BCUT2D eigenvalue weighted by atomic mass is 79.9. The van der Waals surface area contributed by atoms with E-state index in [4.69, 9.17) is 9.15 Å². The second kappa shape index (κ2) is 7.79. The fourth-order valence-electron chi connectivity index (χ4n) is 2.14. The van der Waals surface area contributed by atoms with E-state index in [2.05, 4.69) is 47.4 Å². The van der Waals surface area contributed by atoms with E-state index in [1.807, 2.05) is 31.2 Å². The number of furan rings is 1. The molecule has 8 heteroatoms. The number of aromatic nitrogens is 1. The number of ether oxygens (including phenoxy) is 1. The number of hydrazone groups is 1. The second-order valence-corrected chi connectivity index (χ2v) is 6.81. The van der Waals surface area contributed by atoms with E-state index in [9.17, 15) is 4.79 Å². The number of carbonyl (C=O) groups is 1. The van der Waals surface area contributed by atoms with Crippen molar-refractivity contribution in [1.29, 1.82) is 0 Å². The molecule has 1 amide bonds. The van der Waals surface area contributed by atoms with E-state index >= 15 is 0 Å². The molecule has 3 rings (SSSR count). The van der Waals surface area contributed by atoms with Crippen LogP contribution in [-0.4, -0.2) is 23.7 Å². The van der Waals surface area contributed by atoms with Crippen LogP contribution in [0.4, 0.5) is 0 Å². The number of fused-ring (bicyclic) bond motifs is 1. The van der Waals surface area contributed by atoms with Crippen LogP contribution in [0.1, 0.15) is 11.5 Å². The van der Waals surface area contributed by atoms with Crippen LogP contribution >= 0.6 is 31.9 Å². The number of aryl methyl sites for hydroxylation is 1. The summed E-state index contributed by atoms with van der Waals surface area (Å²) in [6.45, 7) is 1.64. The molecule has 0 unspecified atom stereocenters. The molecule has 2 aromatic heterocycles. The molecule has 128 valence electrons. The lowest BCUT2D eigenvalue weighted by Crippen LogP contribution is -2.24. The molecule has 2 heterocycles. The molecule has 0 saturated heterocycles. The van der Waals surface area contributed by atoms with Gasteiger partial charge in [-0.2, -0.15) is 5.10 Å². The van der Waals surface area contributed by atoms with Gasteiger partial charge in [0.1, 0.15) is 17.0 Å². The number of nitrogens with zero attached hydrogens (tertiary/aromatic N) is 2. The van der Waals surface area contributed by atoms with Gasteiger partial charge in [-0.15, -0.1) is 0 Å². The zero-order chi connectivity index (χ0) is 17.8. The summed E-state index contributed by atoms with van der Waals surface area (Å²) in [6, 6.07) is 9.19. The van der Waals surface area contributed by atoms with Gasteiger partial charge in [0.2, 0.25) is 0 Å². The van der Waals surface area contributed by atoms with Crippen molar-refractivity contribution in [2.24, 2.45) is 5.10 Å². The summed E-state index contributed by atoms with van der Waals surface area (Å²) in [5.41, 5.74) is 3.05. The van der Waals surface area contributed by atoms with E-state index in [1.54, 1.807) is 12.3 Å². The summed E-state index contributed by atoms with van der Waals surface area (Å²) in [7, 11) is 0. The maximum absolute atomic E-state index is 11.9. The second-order valence-electron chi connectivity index (χ2n) is 5.10. The van der Waals surface area contributed by atoms with Gasteiger partial charge in [0.05, 0.1) is 10.7 Å². The van der Waals surface area contributed by atoms with Crippen LogP contribution < -0.4 is 10.2 Å². The van der Waals surface area contributed by atoms with Gasteiger partial charge in [0.25, 0.3) is 5.91 Å². The first kappa shape index (κ1) is 17.6. The van der Waals surface area contributed by atoms with Crippen LogP contribution in [0, 0.1) is 6.92 Å². The lowest BCUT2D eigenvalue weighted by molar-refractivity contribution is -0.123. The van der Waals surface area contributed by atoms with E-state index in [0.717, 1.165) is 15.6 Å². The van der Waals surface area contributed by atoms with Crippen molar-refractivity contribution in [1.82, 2.24) is 10.4 Å². The van der Waals surface area contributed by atoms with E-state index < -0.39 is 5.91 Å². The topological polar surface area (TPSA) is 76.7 Å². The summed E-state index contributed by atoms with van der Waals surface area (Å²) in [5.74, 6) is 1.44. The third-order valence-corrected chi connectivity index (χ3v) is 4.49. The van der Waals surface area contributed by atoms with Crippen LogP contribution in [0.3, 0.4) is 0 Å². The standard InChI is InChI=1S/C17H13Br2N3O3/c1-10-4-5-11(25-10)8-21-22-15(23)9-24-17-14(19)7-13(18)12-3-2-6-20-16(12)17/h2-8H,9H2,1H3,(H,22,23). The minimum absolute atomic E-state index is 0.194. The SMILES string of the molecule is Cc1ccc(C=NNC(=O)COc2c(Br)cc(Br)c3cccnc23)o1. The number of rotatable bonds is 5.